The van der Waals surface area contributed by atoms with Crippen molar-refractivity contribution in [3.05, 3.63) is 45.5 Å². The molecule has 1 aliphatic rings. The molecule has 1 aromatic heterocycles. The second-order valence-corrected chi connectivity index (χ2v) is 6.85. The highest BCUT2D eigenvalue weighted by Crippen LogP contribution is 2.32. The maximum absolute atomic E-state index is 6.18. The average molecular weight is 344 g/mol. The molecule has 1 N–H and O–H groups in total. The first-order valence-corrected chi connectivity index (χ1v) is 8.60. The van der Waals surface area contributed by atoms with Crippen molar-refractivity contribution in [2.45, 2.75) is 18.4 Å². The Hall–Kier alpha value is -0.750. The van der Waals surface area contributed by atoms with Crippen molar-refractivity contribution in [2.75, 3.05) is 18.6 Å². The summed E-state index contributed by atoms with van der Waals surface area (Å²) in [5.74, 6) is 3.64. The molecule has 2 atom stereocenters. The van der Waals surface area contributed by atoms with Crippen LogP contribution in [0.4, 0.5) is 0 Å². The van der Waals surface area contributed by atoms with Crippen molar-refractivity contribution in [1.82, 2.24) is 15.5 Å². The van der Waals surface area contributed by atoms with Gasteiger partial charge in [-0.15, -0.1) is 0 Å². The van der Waals surface area contributed by atoms with E-state index in [0.29, 0.717) is 34.2 Å². The number of nitrogens with one attached hydrogen (secondary N) is 1. The van der Waals surface area contributed by atoms with E-state index in [4.69, 9.17) is 27.7 Å². The van der Waals surface area contributed by atoms with E-state index >= 15 is 0 Å². The Morgan fingerprint density at radius 3 is 2.81 bits per heavy atom. The maximum atomic E-state index is 6.18. The summed E-state index contributed by atoms with van der Waals surface area (Å²) < 4.78 is 5.43. The number of likely N-dealkylation sites (N-methyl/N-ethyl adjacent to an activating group) is 1. The SMILES string of the molecule is CNC1CSCC1c1nc(Cc2c(Cl)cccc2Cl)no1. The highest BCUT2D eigenvalue weighted by atomic mass is 35.5. The standard InChI is InChI=1S/C14H15Cl2N3OS/c1-17-12-7-21-6-9(12)14-18-13(19-20-14)5-8-10(15)3-2-4-11(8)16/h2-4,9,12,17H,5-7H2,1H3. The molecule has 2 heterocycles. The van der Waals surface area contributed by atoms with Crippen LogP contribution in [0.3, 0.4) is 0 Å². The van der Waals surface area contributed by atoms with Crippen LogP contribution in [0.1, 0.15) is 23.2 Å². The number of hydrogen-bond acceptors (Lipinski definition) is 5. The molecule has 3 rings (SSSR count). The fourth-order valence-corrected chi connectivity index (χ4v) is 4.38. The van der Waals surface area contributed by atoms with Crippen LogP contribution in [0.15, 0.2) is 22.7 Å². The Kier molecular flexibility index (Phi) is 4.74. The molecular formula is C14H15Cl2N3OS. The van der Waals surface area contributed by atoms with Gasteiger partial charge < -0.3 is 9.84 Å². The average Bonchev–Trinajstić information content (AvgIpc) is 3.11. The molecule has 2 unspecified atom stereocenters. The number of nitrogens with zero attached hydrogens (tertiary/aromatic N) is 2. The first kappa shape index (κ1) is 15.2. The largest absolute Gasteiger partial charge is 0.339 e. The lowest BCUT2D eigenvalue weighted by molar-refractivity contribution is 0.341. The highest BCUT2D eigenvalue weighted by molar-refractivity contribution is 7.99. The van der Waals surface area contributed by atoms with E-state index in [1.165, 1.54) is 0 Å². The minimum absolute atomic E-state index is 0.267. The van der Waals surface area contributed by atoms with Crippen LogP contribution in [0.5, 0.6) is 0 Å². The molecule has 0 spiro atoms. The van der Waals surface area contributed by atoms with Gasteiger partial charge in [0, 0.05) is 34.0 Å². The van der Waals surface area contributed by atoms with Gasteiger partial charge in [0.15, 0.2) is 5.82 Å². The summed E-state index contributed by atoms with van der Waals surface area (Å²) in [5.41, 5.74) is 0.833. The van der Waals surface area contributed by atoms with Crippen molar-refractivity contribution in [1.29, 1.82) is 0 Å². The number of thioether (sulfide) groups is 1. The van der Waals surface area contributed by atoms with Crippen molar-refractivity contribution >= 4 is 35.0 Å². The van der Waals surface area contributed by atoms with Crippen molar-refractivity contribution in [3.8, 4) is 0 Å². The molecule has 0 aliphatic carbocycles. The van der Waals surface area contributed by atoms with Crippen molar-refractivity contribution in [2.24, 2.45) is 0 Å². The zero-order valence-electron chi connectivity index (χ0n) is 11.5. The molecule has 0 bridgehead atoms. The van der Waals surface area contributed by atoms with Gasteiger partial charge in [-0.3, -0.25) is 0 Å². The molecule has 1 aromatic carbocycles. The summed E-state index contributed by atoms with van der Waals surface area (Å²) >= 11 is 14.2. The molecule has 7 heteroatoms. The lowest BCUT2D eigenvalue weighted by Crippen LogP contribution is -2.31. The van der Waals surface area contributed by atoms with Gasteiger partial charge in [0.25, 0.3) is 0 Å². The second kappa shape index (κ2) is 6.57. The molecular weight excluding hydrogens is 329 g/mol. The highest BCUT2D eigenvalue weighted by Gasteiger charge is 2.32. The van der Waals surface area contributed by atoms with Gasteiger partial charge in [0.2, 0.25) is 5.89 Å². The molecule has 1 saturated heterocycles. The van der Waals surface area contributed by atoms with Gasteiger partial charge in [-0.25, -0.2) is 0 Å². The first-order chi connectivity index (χ1) is 10.2. The van der Waals surface area contributed by atoms with Crippen LogP contribution in [0.2, 0.25) is 10.0 Å². The van der Waals surface area contributed by atoms with E-state index < -0.39 is 0 Å². The predicted octanol–water partition coefficient (Wildman–Crippen LogP) is 3.39. The zero-order valence-corrected chi connectivity index (χ0v) is 13.8. The summed E-state index contributed by atoms with van der Waals surface area (Å²) in [4.78, 5) is 4.52. The smallest absolute Gasteiger partial charge is 0.232 e. The van der Waals surface area contributed by atoms with Gasteiger partial charge in [0.05, 0.1) is 5.92 Å². The molecule has 21 heavy (non-hydrogen) atoms. The Bertz CT molecular complexity index is 614. The normalized spacial score (nSPS) is 21.9. The Morgan fingerprint density at radius 2 is 2.10 bits per heavy atom. The van der Waals surface area contributed by atoms with Gasteiger partial charge in [-0.2, -0.15) is 16.7 Å². The monoisotopic (exact) mass is 343 g/mol. The molecule has 1 fully saturated rings. The van der Waals surface area contributed by atoms with Crippen LogP contribution >= 0.6 is 35.0 Å². The summed E-state index contributed by atoms with van der Waals surface area (Å²) in [7, 11) is 1.96. The third-order valence-corrected chi connectivity index (χ3v) is 5.55. The number of rotatable bonds is 4. The predicted molar refractivity (Wildman–Crippen MR) is 86.5 cm³/mol. The Balaban J connectivity index is 1.79. The van der Waals surface area contributed by atoms with E-state index in [-0.39, 0.29) is 5.92 Å². The van der Waals surface area contributed by atoms with Crippen LogP contribution < -0.4 is 5.32 Å². The molecule has 0 radical (unpaired) electrons. The summed E-state index contributed by atoms with van der Waals surface area (Å²) in [6.45, 7) is 0. The van der Waals surface area contributed by atoms with Gasteiger partial charge in [-0.1, -0.05) is 34.4 Å². The van der Waals surface area contributed by atoms with Crippen LogP contribution in [0.25, 0.3) is 0 Å². The number of hydrogen-bond donors (Lipinski definition) is 1. The van der Waals surface area contributed by atoms with Gasteiger partial charge in [0.1, 0.15) is 0 Å². The van der Waals surface area contributed by atoms with E-state index in [9.17, 15) is 0 Å². The molecule has 0 saturated carbocycles. The summed E-state index contributed by atoms with van der Waals surface area (Å²) in [5, 5.41) is 8.61. The number of aromatic nitrogens is 2. The lowest BCUT2D eigenvalue weighted by Gasteiger charge is -2.13. The van der Waals surface area contributed by atoms with E-state index in [0.717, 1.165) is 17.1 Å². The minimum atomic E-state index is 0.267. The van der Waals surface area contributed by atoms with Gasteiger partial charge in [-0.05, 0) is 24.7 Å². The molecule has 2 aromatic rings. The minimum Gasteiger partial charge on any atom is -0.339 e. The molecule has 1 aliphatic heterocycles. The molecule has 112 valence electrons. The van der Waals surface area contributed by atoms with Gasteiger partial charge >= 0.3 is 0 Å². The van der Waals surface area contributed by atoms with Crippen molar-refractivity contribution in [3.63, 3.8) is 0 Å². The van der Waals surface area contributed by atoms with Crippen LogP contribution in [-0.4, -0.2) is 34.7 Å². The Morgan fingerprint density at radius 1 is 1.33 bits per heavy atom. The fraction of sp³-hybridized carbons (Fsp3) is 0.429. The number of benzene rings is 1. The van der Waals surface area contributed by atoms with E-state index in [2.05, 4.69) is 15.5 Å². The summed E-state index contributed by atoms with van der Waals surface area (Å²) in [6, 6.07) is 5.83. The first-order valence-electron chi connectivity index (χ1n) is 6.69. The van der Waals surface area contributed by atoms with Crippen molar-refractivity contribution < 1.29 is 4.52 Å². The quantitative estimate of drug-likeness (QED) is 0.921. The maximum Gasteiger partial charge on any atom is 0.232 e. The van der Waals surface area contributed by atoms with E-state index in [1.807, 2.05) is 37.0 Å². The summed E-state index contributed by atoms with van der Waals surface area (Å²) in [6.07, 6.45) is 0.478. The topological polar surface area (TPSA) is 51.0 Å². The third kappa shape index (κ3) is 3.21. The third-order valence-electron chi connectivity index (χ3n) is 3.65. The number of halogens is 2. The molecule has 0 amide bonds. The molecule has 4 nitrogen and oxygen atoms in total. The van der Waals surface area contributed by atoms with Crippen LogP contribution in [-0.2, 0) is 6.42 Å². The van der Waals surface area contributed by atoms with Crippen LogP contribution in [0, 0.1) is 0 Å². The van der Waals surface area contributed by atoms with E-state index in [1.54, 1.807) is 0 Å². The zero-order chi connectivity index (χ0) is 14.8. The lowest BCUT2D eigenvalue weighted by atomic mass is 10.0. The fourth-order valence-electron chi connectivity index (χ4n) is 2.43. The second-order valence-electron chi connectivity index (χ2n) is 4.96. The Labute approximate surface area is 137 Å².